The summed E-state index contributed by atoms with van der Waals surface area (Å²) in [6, 6.07) is 0.736. The van der Waals surface area contributed by atoms with Crippen LogP contribution in [0.5, 0.6) is 0 Å². The molecule has 1 atom stereocenters. The molecule has 0 aromatic carbocycles. The van der Waals surface area contributed by atoms with E-state index in [-0.39, 0.29) is 12.5 Å². The molecule has 0 bridgehead atoms. The van der Waals surface area contributed by atoms with Crippen molar-refractivity contribution in [1.82, 2.24) is 24.1 Å². The van der Waals surface area contributed by atoms with Gasteiger partial charge in [0.2, 0.25) is 0 Å². The molecule has 9 heteroatoms. The Morgan fingerprint density at radius 2 is 2.16 bits per heavy atom. The molecule has 25 heavy (non-hydrogen) atoms. The van der Waals surface area contributed by atoms with Gasteiger partial charge in [0.15, 0.2) is 5.82 Å². The lowest BCUT2D eigenvalue weighted by molar-refractivity contribution is -0.141. The minimum atomic E-state index is -1.03. The lowest BCUT2D eigenvalue weighted by atomic mass is 10.0. The van der Waals surface area contributed by atoms with E-state index >= 15 is 0 Å². The number of rotatable bonds is 6. The maximum absolute atomic E-state index is 12.8. The first-order valence-corrected chi connectivity index (χ1v) is 7.89. The molecule has 1 N–H and O–H groups in total. The zero-order valence-corrected chi connectivity index (χ0v) is 14.2. The van der Waals surface area contributed by atoms with Crippen LogP contribution in [0.1, 0.15) is 32.1 Å². The number of ether oxygens (including phenoxy) is 1. The van der Waals surface area contributed by atoms with Gasteiger partial charge in [-0.05, 0) is 18.4 Å². The Morgan fingerprint density at radius 3 is 2.80 bits per heavy atom. The van der Waals surface area contributed by atoms with E-state index in [4.69, 9.17) is 4.74 Å². The number of nitrogens with zero attached hydrogens (tertiary/aromatic N) is 5. The Morgan fingerprint density at radius 1 is 1.40 bits per heavy atom. The Kier molecular flexibility index (Phi) is 4.49. The molecule has 0 aliphatic carbocycles. The van der Waals surface area contributed by atoms with Crippen LogP contribution >= 0.6 is 0 Å². The number of carboxylic acid groups (broad SMARTS) is 1. The van der Waals surface area contributed by atoms with Gasteiger partial charge in [-0.15, -0.1) is 5.10 Å². The number of aromatic nitrogens is 5. The van der Waals surface area contributed by atoms with E-state index in [1.54, 1.807) is 6.07 Å². The Bertz CT molecular complexity index is 991. The molecule has 0 aliphatic heterocycles. The van der Waals surface area contributed by atoms with Gasteiger partial charge < -0.3 is 14.4 Å². The van der Waals surface area contributed by atoms with Crippen LogP contribution in [0.25, 0.3) is 16.7 Å². The average molecular weight is 345 g/mol. The fraction of sp³-hybridized carbons (Fsp3) is 0.438. The van der Waals surface area contributed by atoms with Crippen molar-refractivity contribution >= 4 is 22.6 Å². The van der Waals surface area contributed by atoms with Gasteiger partial charge in [-0.1, -0.05) is 13.8 Å². The summed E-state index contributed by atoms with van der Waals surface area (Å²) >= 11 is 0. The Balaban J connectivity index is 2.18. The first-order chi connectivity index (χ1) is 11.9. The van der Waals surface area contributed by atoms with Crippen molar-refractivity contribution in [3.05, 3.63) is 34.6 Å². The summed E-state index contributed by atoms with van der Waals surface area (Å²) in [6.07, 6.45) is 3.25. The first-order valence-electron chi connectivity index (χ1n) is 7.89. The molecule has 0 saturated carbocycles. The summed E-state index contributed by atoms with van der Waals surface area (Å²) in [5, 5.41) is 14.1. The third-order valence-corrected chi connectivity index (χ3v) is 3.89. The second-order valence-corrected chi connectivity index (χ2v) is 6.24. The molecule has 3 aromatic rings. The predicted octanol–water partition coefficient (Wildman–Crippen LogP) is 1.26. The third kappa shape index (κ3) is 3.10. The summed E-state index contributed by atoms with van der Waals surface area (Å²) in [7, 11) is 1.54. The number of carbonyl (C=O) groups is 1. The predicted molar refractivity (Wildman–Crippen MR) is 89.4 cm³/mol. The topological polar surface area (TPSA) is 112 Å². The normalized spacial score (nSPS) is 13.0. The van der Waals surface area contributed by atoms with Crippen molar-refractivity contribution in [3.8, 4) is 0 Å². The van der Waals surface area contributed by atoms with E-state index in [9.17, 15) is 14.7 Å². The highest BCUT2D eigenvalue weighted by Gasteiger charge is 2.23. The molecule has 3 heterocycles. The maximum Gasteiger partial charge on any atom is 0.326 e. The smallest absolute Gasteiger partial charge is 0.326 e. The van der Waals surface area contributed by atoms with Crippen LogP contribution in [-0.4, -0.2) is 42.3 Å². The van der Waals surface area contributed by atoms with Gasteiger partial charge in [0.05, 0.1) is 10.9 Å². The van der Waals surface area contributed by atoms with Gasteiger partial charge in [-0.25, -0.2) is 9.78 Å². The summed E-state index contributed by atoms with van der Waals surface area (Å²) in [5.74, 6) is -0.0906. The van der Waals surface area contributed by atoms with Crippen LogP contribution in [0.3, 0.4) is 0 Å². The van der Waals surface area contributed by atoms with E-state index in [1.807, 2.05) is 13.8 Å². The van der Waals surface area contributed by atoms with E-state index in [1.165, 1.54) is 28.6 Å². The first kappa shape index (κ1) is 17.0. The Labute approximate surface area is 142 Å². The van der Waals surface area contributed by atoms with Gasteiger partial charge in [0.25, 0.3) is 11.3 Å². The van der Waals surface area contributed by atoms with Crippen LogP contribution in [0, 0.1) is 5.92 Å². The summed E-state index contributed by atoms with van der Waals surface area (Å²) in [6.45, 7) is 4.07. The highest BCUT2D eigenvalue weighted by molar-refractivity contribution is 5.79. The molecule has 0 amide bonds. The second-order valence-electron chi connectivity index (χ2n) is 6.24. The standard InChI is InChI=1S/C16H19N5O4/c1-9(2)6-12(15(23)24)20-5-4-11-10(14(20)22)7-17-16-18-13(8-25-3)19-21(11)16/h4-5,7,9,12H,6,8H2,1-3H3,(H,23,24). The zero-order chi connectivity index (χ0) is 18.1. The van der Waals surface area contributed by atoms with Crippen LogP contribution in [0.4, 0.5) is 0 Å². The van der Waals surface area contributed by atoms with Gasteiger partial charge >= 0.3 is 5.97 Å². The van der Waals surface area contributed by atoms with Crippen molar-refractivity contribution in [3.63, 3.8) is 0 Å². The van der Waals surface area contributed by atoms with Crippen LogP contribution in [0.15, 0.2) is 23.3 Å². The number of carboxylic acids is 1. The largest absolute Gasteiger partial charge is 0.480 e. The van der Waals surface area contributed by atoms with Crippen molar-refractivity contribution in [2.75, 3.05) is 7.11 Å². The van der Waals surface area contributed by atoms with Crippen LogP contribution in [0.2, 0.25) is 0 Å². The van der Waals surface area contributed by atoms with Crippen LogP contribution in [-0.2, 0) is 16.1 Å². The number of fused-ring (bicyclic) bond motifs is 3. The summed E-state index contributed by atoms with van der Waals surface area (Å²) < 4.78 is 7.72. The lowest BCUT2D eigenvalue weighted by Crippen LogP contribution is -2.30. The van der Waals surface area contributed by atoms with Crippen molar-refractivity contribution in [2.24, 2.45) is 5.92 Å². The maximum atomic E-state index is 12.8. The van der Waals surface area contributed by atoms with E-state index in [0.29, 0.717) is 28.9 Å². The Hall–Kier alpha value is -2.81. The highest BCUT2D eigenvalue weighted by Crippen LogP contribution is 2.18. The molecule has 1 unspecified atom stereocenters. The molecule has 3 rings (SSSR count). The SMILES string of the molecule is COCc1nc2ncc3c(=O)n(C(CC(C)C)C(=O)O)ccc3n2n1. The molecule has 0 aliphatic rings. The second kappa shape index (κ2) is 6.60. The monoisotopic (exact) mass is 345 g/mol. The number of hydrogen-bond donors (Lipinski definition) is 1. The minimum Gasteiger partial charge on any atom is -0.480 e. The van der Waals surface area contributed by atoms with Gasteiger partial charge in [0, 0.05) is 19.5 Å². The summed E-state index contributed by atoms with van der Waals surface area (Å²) in [5.41, 5.74) is 0.110. The fourth-order valence-electron chi connectivity index (χ4n) is 2.79. The van der Waals surface area contributed by atoms with Crippen molar-refractivity contribution in [1.29, 1.82) is 0 Å². The number of pyridine rings is 1. The molecule has 0 radical (unpaired) electrons. The molecular weight excluding hydrogens is 326 g/mol. The van der Waals surface area contributed by atoms with Gasteiger partial charge in [0.1, 0.15) is 12.6 Å². The quantitative estimate of drug-likeness (QED) is 0.715. The minimum absolute atomic E-state index is 0.135. The summed E-state index contributed by atoms with van der Waals surface area (Å²) in [4.78, 5) is 32.8. The molecular formula is C16H19N5O4. The van der Waals surface area contributed by atoms with E-state index < -0.39 is 17.6 Å². The molecule has 0 spiro atoms. The molecule has 0 fully saturated rings. The molecule has 9 nitrogen and oxygen atoms in total. The number of methoxy groups -OCH3 is 1. The van der Waals surface area contributed by atoms with E-state index in [0.717, 1.165) is 0 Å². The third-order valence-electron chi connectivity index (χ3n) is 3.89. The van der Waals surface area contributed by atoms with Crippen molar-refractivity contribution < 1.29 is 14.6 Å². The van der Waals surface area contributed by atoms with Crippen LogP contribution < -0.4 is 5.56 Å². The lowest BCUT2D eigenvalue weighted by Gasteiger charge is -2.18. The number of hydrogen-bond acceptors (Lipinski definition) is 6. The van der Waals surface area contributed by atoms with E-state index in [2.05, 4.69) is 15.1 Å². The fourth-order valence-corrected chi connectivity index (χ4v) is 2.79. The highest BCUT2D eigenvalue weighted by atomic mass is 16.5. The van der Waals surface area contributed by atoms with Gasteiger partial charge in [-0.2, -0.15) is 9.50 Å². The zero-order valence-electron chi connectivity index (χ0n) is 14.2. The van der Waals surface area contributed by atoms with Gasteiger partial charge in [-0.3, -0.25) is 4.79 Å². The van der Waals surface area contributed by atoms with Crippen molar-refractivity contribution in [2.45, 2.75) is 32.9 Å². The molecule has 132 valence electrons. The molecule has 0 saturated heterocycles. The average Bonchev–Trinajstić information content (AvgIpc) is 2.96. The number of aliphatic carboxylic acids is 1. The molecule has 3 aromatic heterocycles.